The van der Waals surface area contributed by atoms with E-state index in [2.05, 4.69) is 0 Å². The minimum atomic E-state index is -0.481. The van der Waals surface area contributed by atoms with Crippen LogP contribution in [-0.2, 0) is 9.31 Å². The number of ether oxygens (including phenoxy) is 1. The lowest BCUT2D eigenvalue weighted by molar-refractivity contribution is 0.00578. The smallest absolute Gasteiger partial charge is 0.485 e. The Bertz CT molecular complexity index is 797. The molecule has 1 saturated heterocycles. The summed E-state index contributed by atoms with van der Waals surface area (Å²) in [5.41, 5.74) is 1.61. The second kappa shape index (κ2) is 6.90. The normalized spacial score (nSPS) is 18.0. The summed E-state index contributed by atoms with van der Waals surface area (Å²) in [6.07, 6.45) is 0. The number of ketones is 1. The maximum absolute atomic E-state index is 12.5. The molecule has 1 fully saturated rings. The van der Waals surface area contributed by atoms with Crippen molar-refractivity contribution < 1.29 is 18.8 Å². The van der Waals surface area contributed by atoms with Crippen molar-refractivity contribution >= 4 is 18.4 Å². The molecule has 0 radical (unpaired) electrons. The molecule has 26 heavy (non-hydrogen) atoms. The molecule has 2 aromatic carbocycles. The molecule has 0 aromatic heterocycles. The maximum atomic E-state index is 12.5. The van der Waals surface area contributed by atoms with Gasteiger partial charge in [0.15, 0.2) is 12.4 Å². The summed E-state index contributed by atoms with van der Waals surface area (Å²) in [5, 5.41) is 0. The molecule has 1 aliphatic rings. The standard InChI is InChI=1S/C21H25BO4/c1-15-9-6-7-12-19(15)24-14-18(23)16-10-8-11-17(13-16)22-25-20(2,3)21(4,5)26-22/h6-13H,14H2,1-5H3. The highest BCUT2D eigenvalue weighted by molar-refractivity contribution is 6.62. The van der Waals surface area contributed by atoms with Crippen LogP contribution in [0.15, 0.2) is 48.5 Å². The summed E-state index contributed by atoms with van der Waals surface area (Å²) < 4.78 is 17.8. The minimum Gasteiger partial charge on any atom is -0.485 e. The molecule has 4 nitrogen and oxygen atoms in total. The Balaban J connectivity index is 1.71. The average molecular weight is 352 g/mol. The number of aryl methyl sites for hydroxylation is 1. The van der Waals surface area contributed by atoms with Gasteiger partial charge in [0.2, 0.25) is 0 Å². The van der Waals surface area contributed by atoms with E-state index in [1.807, 2.05) is 77.1 Å². The molecule has 0 spiro atoms. The zero-order valence-corrected chi connectivity index (χ0v) is 16.0. The first-order chi connectivity index (χ1) is 12.2. The molecule has 136 valence electrons. The molecule has 3 rings (SSSR count). The highest BCUT2D eigenvalue weighted by Gasteiger charge is 2.51. The van der Waals surface area contributed by atoms with Crippen LogP contribution in [0.25, 0.3) is 0 Å². The van der Waals surface area contributed by atoms with Crippen molar-refractivity contribution in [2.45, 2.75) is 45.8 Å². The number of benzene rings is 2. The Morgan fingerprint density at radius 1 is 1.00 bits per heavy atom. The van der Waals surface area contributed by atoms with Gasteiger partial charge in [0.05, 0.1) is 11.2 Å². The summed E-state index contributed by atoms with van der Waals surface area (Å²) in [6, 6.07) is 15.0. The van der Waals surface area contributed by atoms with Crippen LogP contribution in [0.2, 0.25) is 0 Å². The van der Waals surface area contributed by atoms with E-state index in [9.17, 15) is 4.79 Å². The largest absolute Gasteiger partial charge is 0.494 e. The van der Waals surface area contributed by atoms with Crippen molar-refractivity contribution in [3.05, 3.63) is 59.7 Å². The number of para-hydroxylation sites is 1. The Labute approximate surface area is 155 Å². The van der Waals surface area contributed by atoms with E-state index in [0.29, 0.717) is 5.56 Å². The van der Waals surface area contributed by atoms with E-state index >= 15 is 0 Å². The van der Waals surface area contributed by atoms with E-state index in [0.717, 1.165) is 16.8 Å². The first-order valence-corrected chi connectivity index (χ1v) is 8.87. The van der Waals surface area contributed by atoms with Crippen molar-refractivity contribution in [3.8, 4) is 5.75 Å². The van der Waals surface area contributed by atoms with Crippen LogP contribution in [0, 0.1) is 6.92 Å². The highest BCUT2D eigenvalue weighted by Crippen LogP contribution is 2.36. The highest BCUT2D eigenvalue weighted by atomic mass is 16.7. The van der Waals surface area contributed by atoms with E-state index in [1.54, 1.807) is 6.07 Å². The fourth-order valence-electron chi connectivity index (χ4n) is 2.78. The summed E-state index contributed by atoms with van der Waals surface area (Å²) in [7, 11) is -0.481. The van der Waals surface area contributed by atoms with Gasteiger partial charge in [0.1, 0.15) is 5.75 Å². The Morgan fingerprint density at radius 3 is 2.31 bits per heavy atom. The van der Waals surface area contributed by atoms with Crippen LogP contribution in [-0.4, -0.2) is 30.7 Å². The SMILES string of the molecule is Cc1ccccc1OCC(=O)c1cccc(B2OC(C)(C)C(C)(C)O2)c1. The number of Topliss-reactive ketones (excluding diaryl/α,β-unsaturated/α-hetero) is 1. The maximum Gasteiger partial charge on any atom is 0.494 e. The first-order valence-electron chi connectivity index (χ1n) is 8.87. The van der Waals surface area contributed by atoms with Crippen LogP contribution < -0.4 is 10.2 Å². The second-order valence-electron chi connectivity index (χ2n) is 7.69. The lowest BCUT2D eigenvalue weighted by Crippen LogP contribution is -2.41. The van der Waals surface area contributed by atoms with Crippen molar-refractivity contribution in [2.75, 3.05) is 6.61 Å². The average Bonchev–Trinajstić information content (AvgIpc) is 2.82. The lowest BCUT2D eigenvalue weighted by atomic mass is 9.78. The topological polar surface area (TPSA) is 44.8 Å². The van der Waals surface area contributed by atoms with Crippen LogP contribution in [0.5, 0.6) is 5.75 Å². The molecule has 5 heteroatoms. The second-order valence-corrected chi connectivity index (χ2v) is 7.69. The molecule has 0 saturated carbocycles. The van der Waals surface area contributed by atoms with Gasteiger partial charge in [-0.2, -0.15) is 0 Å². The molecule has 1 heterocycles. The van der Waals surface area contributed by atoms with E-state index in [1.165, 1.54) is 0 Å². The molecule has 0 unspecified atom stereocenters. The third-order valence-electron chi connectivity index (χ3n) is 5.19. The monoisotopic (exact) mass is 352 g/mol. The van der Waals surface area contributed by atoms with Gasteiger partial charge in [0, 0.05) is 5.56 Å². The van der Waals surface area contributed by atoms with Crippen molar-refractivity contribution in [2.24, 2.45) is 0 Å². The van der Waals surface area contributed by atoms with Gasteiger partial charge in [-0.25, -0.2) is 0 Å². The van der Waals surface area contributed by atoms with Crippen molar-refractivity contribution in [1.82, 2.24) is 0 Å². The van der Waals surface area contributed by atoms with Gasteiger partial charge in [-0.1, -0.05) is 42.5 Å². The zero-order valence-electron chi connectivity index (χ0n) is 16.0. The molecule has 0 N–H and O–H groups in total. The van der Waals surface area contributed by atoms with Gasteiger partial charge < -0.3 is 14.0 Å². The molecule has 0 bridgehead atoms. The predicted octanol–water partition coefficient (Wildman–Crippen LogP) is 3.56. The fourth-order valence-corrected chi connectivity index (χ4v) is 2.78. The van der Waals surface area contributed by atoms with Gasteiger partial charge in [0.25, 0.3) is 0 Å². The molecule has 1 aliphatic heterocycles. The van der Waals surface area contributed by atoms with Crippen LogP contribution in [0.3, 0.4) is 0 Å². The third-order valence-corrected chi connectivity index (χ3v) is 5.19. The number of hydrogen-bond acceptors (Lipinski definition) is 4. The van der Waals surface area contributed by atoms with Crippen molar-refractivity contribution in [3.63, 3.8) is 0 Å². The van der Waals surface area contributed by atoms with Crippen LogP contribution in [0.4, 0.5) is 0 Å². The molecule has 0 aliphatic carbocycles. The first kappa shape index (κ1) is 18.7. The number of carbonyl (C=O) groups is 1. The fraction of sp³-hybridized carbons (Fsp3) is 0.381. The van der Waals surface area contributed by atoms with E-state index in [4.69, 9.17) is 14.0 Å². The summed E-state index contributed by atoms with van der Waals surface area (Å²) in [5.74, 6) is 0.648. The Kier molecular flexibility index (Phi) is 4.95. The van der Waals surface area contributed by atoms with Gasteiger partial charge in [-0.3, -0.25) is 4.79 Å². The van der Waals surface area contributed by atoms with Gasteiger partial charge in [-0.15, -0.1) is 0 Å². The molecular formula is C21H25BO4. The summed E-state index contributed by atoms with van der Waals surface area (Å²) in [4.78, 5) is 12.5. The predicted molar refractivity (Wildman–Crippen MR) is 103 cm³/mol. The Morgan fingerprint density at radius 2 is 1.65 bits per heavy atom. The zero-order chi connectivity index (χ0) is 18.9. The molecular weight excluding hydrogens is 327 g/mol. The number of carbonyl (C=O) groups excluding carboxylic acids is 1. The van der Waals surface area contributed by atoms with Crippen LogP contribution >= 0.6 is 0 Å². The van der Waals surface area contributed by atoms with Crippen molar-refractivity contribution in [1.29, 1.82) is 0 Å². The minimum absolute atomic E-state index is 0.00231. The third kappa shape index (κ3) is 3.69. The molecule has 0 amide bonds. The van der Waals surface area contributed by atoms with Crippen LogP contribution in [0.1, 0.15) is 43.6 Å². The van der Waals surface area contributed by atoms with E-state index < -0.39 is 18.3 Å². The molecule has 0 atom stereocenters. The van der Waals surface area contributed by atoms with Gasteiger partial charge >= 0.3 is 7.12 Å². The number of rotatable bonds is 5. The quantitative estimate of drug-likeness (QED) is 0.610. The van der Waals surface area contributed by atoms with E-state index in [-0.39, 0.29) is 12.4 Å². The van der Waals surface area contributed by atoms with Gasteiger partial charge in [-0.05, 0) is 51.7 Å². The number of hydrogen-bond donors (Lipinski definition) is 0. The summed E-state index contributed by atoms with van der Waals surface area (Å²) in [6.45, 7) is 10.0. The lowest BCUT2D eigenvalue weighted by Gasteiger charge is -2.32. The molecule has 2 aromatic rings. The Hall–Kier alpha value is -2.11. The summed E-state index contributed by atoms with van der Waals surface area (Å²) >= 11 is 0.